The number of H-pyrrole nitrogens is 1. The summed E-state index contributed by atoms with van der Waals surface area (Å²) in [6, 6.07) is 8.83. The molecular formula is C44H63N13O8. The van der Waals surface area contributed by atoms with Gasteiger partial charge < -0.3 is 65.1 Å². The number of hydrogen-bond acceptors (Lipinski definition) is 11. The van der Waals surface area contributed by atoms with Gasteiger partial charge in [0.2, 0.25) is 41.4 Å². The van der Waals surface area contributed by atoms with E-state index in [2.05, 4.69) is 47.2 Å². The smallest absolute Gasteiger partial charge is 0.243 e. The third-order valence-electron chi connectivity index (χ3n) is 11.0. The van der Waals surface area contributed by atoms with E-state index in [9.17, 15) is 38.4 Å². The maximum atomic E-state index is 14.4. The third-order valence-corrected chi connectivity index (χ3v) is 11.0. The van der Waals surface area contributed by atoms with Crippen molar-refractivity contribution < 1.29 is 38.4 Å². The number of para-hydroxylation sites is 1. The monoisotopic (exact) mass is 901 g/mol. The summed E-state index contributed by atoms with van der Waals surface area (Å²) in [5.41, 5.74) is 24.4. The molecular weight excluding hydrogens is 839 g/mol. The average molecular weight is 902 g/mol. The highest BCUT2D eigenvalue weighted by atomic mass is 16.2. The maximum absolute atomic E-state index is 14.4. The van der Waals surface area contributed by atoms with E-state index in [1.807, 2.05) is 24.3 Å². The lowest BCUT2D eigenvalue weighted by atomic mass is 10.0. The van der Waals surface area contributed by atoms with Crippen LogP contribution < -0.4 is 60.2 Å². The number of amides is 7. The van der Waals surface area contributed by atoms with Crippen LogP contribution in [0, 0.1) is 0 Å². The molecule has 6 atom stereocenters. The predicted octanol–water partition coefficient (Wildman–Crippen LogP) is -2.11. The number of aromatic nitrogens is 1. The number of carbonyl (C=O) groups excluding carboxylic acids is 8. The van der Waals surface area contributed by atoms with Gasteiger partial charge in [-0.1, -0.05) is 48.5 Å². The second kappa shape index (κ2) is 26.0. The first-order valence-corrected chi connectivity index (χ1v) is 21.8. The van der Waals surface area contributed by atoms with Crippen molar-refractivity contribution in [1.82, 2.24) is 42.2 Å². The minimum Gasteiger partial charge on any atom is -0.370 e. The fraction of sp³-hybridized carbons (Fsp3) is 0.477. The number of guanidine groups is 1. The van der Waals surface area contributed by atoms with Crippen molar-refractivity contribution in [1.29, 1.82) is 0 Å². The highest BCUT2D eigenvalue weighted by molar-refractivity contribution is 5.97. The number of aromatic amines is 1. The van der Waals surface area contributed by atoms with Gasteiger partial charge in [0.1, 0.15) is 36.0 Å². The molecule has 2 aromatic carbocycles. The van der Waals surface area contributed by atoms with Gasteiger partial charge >= 0.3 is 0 Å². The molecule has 7 amide bonds. The van der Waals surface area contributed by atoms with E-state index in [4.69, 9.17) is 22.9 Å². The van der Waals surface area contributed by atoms with Crippen LogP contribution in [0.3, 0.4) is 0 Å². The van der Waals surface area contributed by atoms with Crippen LogP contribution >= 0.6 is 0 Å². The number of Topliss-reactive ketones (excluding diaryl/α,β-unsaturated/α-hetero) is 1. The van der Waals surface area contributed by atoms with Gasteiger partial charge in [0.25, 0.3) is 0 Å². The van der Waals surface area contributed by atoms with Crippen molar-refractivity contribution in [2.75, 3.05) is 26.7 Å². The van der Waals surface area contributed by atoms with Gasteiger partial charge in [-0.15, -0.1) is 0 Å². The van der Waals surface area contributed by atoms with Crippen LogP contribution in [-0.4, -0.2) is 121 Å². The van der Waals surface area contributed by atoms with Crippen molar-refractivity contribution >= 4 is 64.0 Å². The highest BCUT2D eigenvalue weighted by Crippen LogP contribution is 2.20. The summed E-state index contributed by atoms with van der Waals surface area (Å²) >= 11 is 0. The van der Waals surface area contributed by atoms with Crippen molar-refractivity contribution in [3.05, 3.63) is 71.9 Å². The number of ketones is 1. The summed E-state index contributed by atoms with van der Waals surface area (Å²) in [5.74, 6) is -5.58. The Balaban J connectivity index is 1.74. The fourth-order valence-electron chi connectivity index (χ4n) is 7.39. The summed E-state index contributed by atoms with van der Waals surface area (Å²) in [5, 5.41) is 20.3. The molecule has 0 radical (unpaired) electrons. The second-order valence-electron chi connectivity index (χ2n) is 16.0. The summed E-state index contributed by atoms with van der Waals surface area (Å²) < 4.78 is 0. The molecule has 0 aliphatic carbocycles. The topological polar surface area (TPSA) is 353 Å². The minimum atomic E-state index is -1.34. The number of nitrogens with zero attached hydrogens (tertiary/aromatic N) is 1. The van der Waals surface area contributed by atoms with Crippen LogP contribution in [0.2, 0.25) is 0 Å². The van der Waals surface area contributed by atoms with E-state index >= 15 is 0 Å². The first-order chi connectivity index (χ1) is 31.1. The van der Waals surface area contributed by atoms with E-state index in [-0.39, 0.29) is 82.6 Å². The molecule has 1 aliphatic rings. The minimum absolute atomic E-state index is 0.00699. The molecule has 1 saturated heterocycles. The Morgan fingerprint density at radius 1 is 0.708 bits per heavy atom. The van der Waals surface area contributed by atoms with Gasteiger partial charge in [-0.25, -0.2) is 0 Å². The lowest BCUT2D eigenvalue weighted by molar-refractivity contribution is -0.135. The molecule has 1 aliphatic heterocycles. The molecule has 0 unspecified atom stereocenters. The zero-order valence-corrected chi connectivity index (χ0v) is 36.7. The van der Waals surface area contributed by atoms with Crippen LogP contribution in [0.25, 0.3) is 10.9 Å². The molecule has 352 valence electrons. The number of benzene rings is 2. The van der Waals surface area contributed by atoms with Crippen LogP contribution in [0.1, 0.15) is 68.9 Å². The van der Waals surface area contributed by atoms with E-state index < -0.39 is 77.6 Å². The van der Waals surface area contributed by atoms with Gasteiger partial charge in [-0.3, -0.25) is 43.3 Å². The molecule has 4 rings (SSSR count). The Kier molecular flexibility index (Phi) is 20.3. The van der Waals surface area contributed by atoms with Crippen molar-refractivity contribution in [2.45, 2.75) is 107 Å². The Hall–Kier alpha value is -6.87. The summed E-state index contributed by atoms with van der Waals surface area (Å²) in [4.78, 5) is 115. The first-order valence-electron chi connectivity index (χ1n) is 21.8. The Labute approximate surface area is 377 Å². The normalized spacial score (nSPS) is 22.8. The molecule has 3 aromatic rings. The predicted molar refractivity (Wildman–Crippen MR) is 243 cm³/mol. The van der Waals surface area contributed by atoms with Crippen molar-refractivity contribution in [2.24, 2.45) is 27.9 Å². The maximum Gasteiger partial charge on any atom is 0.243 e. The van der Waals surface area contributed by atoms with Crippen LogP contribution in [0.15, 0.2) is 65.8 Å². The molecule has 21 nitrogen and oxygen atoms in total. The van der Waals surface area contributed by atoms with Gasteiger partial charge in [-0.05, 0) is 75.7 Å². The molecule has 0 spiro atoms. The lowest BCUT2D eigenvalue weighted by Crippen LogP contribution is -2.60. The zero-order valence-electron chi connectivity index (χ0n) is 36.7. The molecule has 1 fully saturated rings. The van der Waals surface area contributed by atoms with E-state index in [1.165, 1.54) is 7.05 Å². The molecule has 2 heterocycles. The van der Waals surface area contributed by atoms with Crippen LogP contribution in [0.5, 0.6) is 0 Å². The standard InChI is InChI=1S/C44H63N13O8/c1-49-32-17-16-28(58)25-50-20-8-7-14-31(38(46)60)53-43(65)36(23-27-24-52-30-13-6-5-12-29(27)30)57-40(62)33(15-9-21-51-44(47)48)54-42(64)35(22-26-10-3-2-4-11-26)56-41(63)34(55-39(32)61)18-19-37(45)59/h2-6,10-13,24,31-36,49-50,52H,7-9,14-23,25H2,1H3,(H2,45,59)(H2,46,60)(H,53,65)(H,54,64)(H,55,61)(H,56,63)(H,57,62)(H4,47,48,51)/t31-,32-,33-,34-,35+,36-/m0/s1. The van der Waals surface area contributed by atoms with Gasteiger partial charge in [-0.2, -0.15) is 0 Å². The van der Waals surface area contributed by atoms with Gasteiger partial charge in [0.15, 0.2) is 5.96 Å². The second-order valence-corrected chi connectivity index (χ2v) is 16.0. The molecule has 0 saturated carbocycles. The van der Waals surface area contributed by atoms with E-state index in [0.717, 1.165) is 10.9 Å². The number of likely N-dealkylation sites (N-methyl/N-ethyl adjacent to an activating group) is 1. The largest absolute Gasteiger partial charge is 0.370 e. The number of hydrogen-bond donors (Lipinski definition) is 12. The van der Waals surface area contributed by atoms with Crippen molar-refractivity contribution in [3.63, 3.8) is 0 Å². The molecule has 16 N–H and O–H groups in total. The summed E-state index contributed by atoms with van der Waals surface area (Å²) in [6.45, 7) is 0.496. The third kappa shape index (κ3) is 17.0. The van der Waals surface area contributed by atoms with Crippen LogP contribution in [0.4, 0.5) is 0 Å². The number of primary amides is 2. The molecule has 0 bridgehead atoms. The fourth-order valence-corrected chi connectivity index (χ4v) is 7.39. The lowest BCUT2D eigenvalue weighted by Gasteiger charge is -2.27. The number of nitrogens with one attached hydrogen (secondary N) is 8. The molecule has 65 heavy (non-hydrogen) atoms. The Morgan fingerprint density at radius 2 is 1.32 bits per heavy atom. The van der Waals surface area contributed by atoms with Crippen LogP contribution in [-0.2, 0) is 51.2 Å². The zero-order chi connectivity index (χ0) is 47.3. The quantitative estimate of drug-likeness (QED) is 0.0499. The van der Waals surface area contributed by atoms with Gasteiger partial charge in [0.05, 0.1) is 12.6 Å². The highest BCUT2D eigenvalue weighted by Gasteiger charge is 2.34. The number of aliphatic imine (C=N–C) groups is 1. The average Bonchev–Trinajstić information content (AvgIpc) is 3.68. The van der Waals surface area contributed by atoms with E-state index in [1.54, 1.807) is 36.5 Å². The molecule has 1 aromatic heterocycles. The Bertz CT molecular complexity index is 2140. The number of rotatable bonds is 13. The SMILES string of the molecule is CN[C@H]1CCC(=O)CNCCCC[C@@H](C(N)=O)NC(=O)[C@H](Cc2c[nH]c3ccccc23)NC(=O)[C@H](CCCN=C(N)N)NC(=O)[C@@H](Cc2ccccc2)NC(=O)[C@H](CCC(N)=O)NC1=O. The van der Waals surface area contributed by atoms with Gasteiger partial charge in [0, 0.05) is 49.3 Å². The van der Waals surface area contributed by atoms with E-state index in [0.29, 0.717) is 30.5 Å². The number of carbonyl (C=O) groups is 8. The first kappa shape index (κ1) is 50.8. The number of nitrogens with two attached hydrogens (primary N) is 4. The van der Waals surface area contributed by atoms with Crippen molar-refractivity contribution in [3.8, 4) is 0 Å². The number of fused-ring (bicyclic) bond motifs is 1. The Morgan fingerprint density at radius 3 is 2.00 bits per heavy atom. The summed E-state index contributed by atoms with van der Waals surface area (Å²) in [7, 11) is 1.53. The molecule has 21 heteroatoms. The summed E-state index contributed by atoms with van der Waals surface area (Å²) in [6.07, 6.45) is 2.52.